The third kappa shape index (κ3) is 3.59. The van der Waals surface area contributed by atoms with Crippen molar-refractivity contribution < 1.29 is 14.7 Å². The molecule has 0 spiro atoms. The molecule has 2 rings (SSSR count). The molecule has 0 unspecified atom stereocenters. The summed E-state index contributed by atoms with van der Waals surface area (Å²) in [5, 5.41) is 11.8. The fourth-order valence-corrected chi connectivity index (χ4v) is 2.25. The number of benzene rings is 2. The zero-order valence-corrected chi connectivity index (χ0v) is 12.4. The minimum atomic E-state index is -1.11. The van der Waals surface area contributed by atoms with Gasteiger partial charge in [-0.1, -0.05) is 33.6 Å². The number of nitrogens with one attached hydrogen (secondary N) is 1. The Morgan fingerprint density at radius 3 is 2.50 bits per heavy atom. The Balaban J connectivity index is 2.26. The molecule has 20 heavy (non-hydrogen) atoms. The molecular formula is C14H9BrClNO3. The second-order valence-electron chi connectivity index (χ2n) is 4.00. The lowest BCUT2D eigenvalue weighted by Crippen LogP contribution is -2.12. The molecular weight excluding hydrogens is 346 g/mol. The summed E-state index contributed by atoms with van der Waals surface area (Å²) in [7, 11) is 0. The average Bonchev–Trinajstić information content (AvgIpc) is 2.37. The highest BCUT2D eigenvalue weighted by atomic mass is 79.9. The van der Waals surface area contributed by atoms with Gasteiger partial charge in [0, 0.05) is 20.7 Å². The molecule has 0 aliphatic rings. The van der Waals surface area contributed by atoms with Crippen LogP contribution in [0.1, 0.15) is 20.7 Å². The first-order valence-electron chi connectivity index (χ1n) is 5.56. The quantitative estimate of drug-likeness (QED) is 0.874. The van der Waals surface area contributed by atoms with E-state index in [1.54, 1.807) is 24.3 Å². The van der Waals surface area contributed by atoms with Crippen LogP contribution in [0.15, 0.2) is 46.9 Å². The number of carbonyl (C=O) groups is 2. The maximum atomic E-state index is 12.0. The van der Waals surface area contributed by atoms with Crippen LogP contribution in [0.5, 0.6) is 0 Å². The fraction of sp³-hybridized carbons (Fsp3) is 0. The van der Waals surface area contributed by atoms with Crippen molar-refractivity contribution in [2.45, 2.75) is 0 Å². The van der Waals surface area contributed by atoms with Crippen molar-refractivity contribution in [1.29, 1.82) is 0 Å². The second-order valence-corrected chi connectivity index (χ2v) is 5.35. The number of anilines is 1. The van der Waals surface area contributed by atoms with Gasteiger partial charge in [0.2, 0.25) is 0 Å². The Labute approximate surface area is 128 Å². The van der Waals surface area contributed by atoms with Crippen LogP contribution in [0, 0.1) is 0 Å². The van der Waals surface area contributed by atoms with E-state index in [2.05, 4.69) is 21.2 Å². The first kappa shape index (κ1) is 14.6. The molecule has 2 N–H and O–H groups in total. The van der Waals surface area contributed by atoms with Gasteiger partial charge in [-0.25, -0.2) is 4.79 Å². The van der Waals surface area contributed by atoms with Gasteiger partial charge in [-0.3, -0.25) is 4.79 Å². The molecule has 0 radical (unpaired) electrons. The summed E-state index contributed by atoms with van der Waals surface area (Å²) in [5.41, 5.74) is 0.804. The summed E-state index contributed by atoms with van der Waals surface area (Å²) < 4.78 is 0.780. The van der Waals surface area contributed by atoms with E-state index >= 15 is 0 Å². The standard InChI is InChI=1S/C14H9BrClNO3/c15-10-3-1-2-8(4-10)13(18)17-12-6-9(14(19)20)5-11(16)7-12/h1-7H,(H,17,18)(H,19,20). The summed E-state index contributed by atoms with van der Waals surface area (Å²) in [6, 6.07) is 11.0. The van der Waals surface area contributed by atoms with E-state index < -0.39 is 5.97 Å². The van der Waals surface area contributed by atoms with E-state index in [4.69, 9.17) is 16.7 Å². The monoisotopic (exact) mass is 353 g/mol. The first-order valence-corrected chi connectivity index (χ1v) is 6.73. The third-order valence-electron chi connectivity index (χ3n) is 2.49. The number of aromatic carboxylic acids is 1. The van der Waals surface area contributed by atoms with E-state index in [9.17, 15) is 9.59 Å². The molecule has 0 heterocycles. The van der Waals surface area contributed by atoms with Crippen LogP contribution in [0.25, 0.3) is 0 Å². The molecule has 0 aliphatic carbocycles. The number of carboxylic acid groups (broad SMARTS) is 1. The van der Waals surface area contributed by atoms with Gasteiger partial charge in [0.05, 0.1) is 5.56 Å². The highest BCUT2D eigenvalue weighted by molar-refractivity contribution is 9.10. The summed E-state index contributed by atoms with van der Waals surface area (Å²) in [5.74, 6) is -1.45. The van der Waals surface area contributed by atoms with Crippen LogP contribution >= 0.6 is 27.5 Å². The van der Waals surface area contributed by atoms with Crippen LogP contribution in [0.4, 0.5) is 5.69 Å². The minimum absolute atomic E-state index is 0.0158. The molecule has 0 fully saturated rings. The SMILES string of the molecule is O=C(O)c1cc(Cl)cc(NC(=O)c2cccc(Br)c2)c1. The van der Waals surface area contributed by atoms with E-state index in [-0.39, 0.29) is 16.5 Å². The zero-order chi connectivity index (χ0) is 14.7. The van der Waals surface area contributed by atoms with Crippen LogP contribution in [-0.2, 0) is 0 Å². The highest BCUT2D eigenvalue weighted by Crippen LogP contribution is 2.20. The van der Waals surface area contributed by atoms with Gasteiger partial charge in [0.15, 0.2) is 0 Å². The fourth-order valence-electron chi connectivity index (χ4n) is 1.62. The predicted octanol–water partition coefficient (Wildman–Crippen LogP) is 4.05. The van der Waals surface area contributed by atoms with E-state index in [0.717, 1.165) is 4.47 Å². The van der Waals surface area contributed by atoms with Gasteiger partial charge >= 0.3 is 5.97 Å². The number of hydrogen-bond donors (Lipinski definition) is 2. The summed E-state index contributed by atoms with van der Waals surface area (Å²) in [4.78, 5) is 23.0. The lowest BCUT2D eigenvalue weighted by Gasteiger charge is -2.07. The van der Waals surface area contributed by atoms with Gasteiger partial charge in [0.1, 0.15) is 0 Å². The summed E-state index contributed by atoms with van der Waals surface area (Å²) >= 11 is 9.11. The van der Waals surface area contributed by atoms with Gasteiger partial charge in [-0.2, -0.15) is 0 Å². The Bertz CT molecular complexity index is 688. The van der Waals surface area contributed by atoms with Crippen molar-refractivity contribution in [1.82, 2.24) is 0 Å². The molecule has 0 aromatic heterocycles. The molecule has 0 saturated carbocycles. The Morgan fingerprint density at radius 1 is 1.10 bits per heavy atom. The van der Waals surface area contributed by atoms with Crippen molar-refractivity contribution in [3.63, 3.8) is 0 Å². The van der Waals surface area contributed by atoms with Crippen molar-refractivity contribution >= 4 is 45.1 Å². The molecule has 102 valence electrons. The average molecular weight is 355 g/mol. The van der Waals surface area contributed by atoms with E-state index in [1.165, 1.54) is 18.2 Å². The van der Waals surface area contributed by atoms with Crippen molar-refractivity contribution in [2.75, 3.05) is 5.32 Å². The number of hydrogen-bond acceptors (Lipinski definition) is 2. The smallest absolute Gasteiger partial charge is 0.335 e. The molecule has 6 heteroatoms. The summed E-state index contributed by atoms with van der Waals surface area (Å²) in [6.07, 6.45) is 0. The van der Waals surface area contributed by atoms with Gasteiger partial charge in [0.25, 0.3) is 5.91 Å². The first-order chi connectivity index (χ1) is 9.45. The number of amides is 1. The summed E-state index contributed by atoms with van der Waals surface area (Å²) in [6.45, 7) is 0. The van der Waals surface area contributed by atoms with Crippen LogP contribution in [0.3, 0.4) is 0 Å². The number of carboxylic acids is 1. The number of rotatable bonds is 3. The minimum Gasteiger partial charge on any atom is -0.478 e. The molecule has 0 atom stereocenters. The maximum Gasteiger partial charge on any atom is 0.335 e. The Morgan fingerprint density at radius 2 is 1.85 bits per heavy atom. The van der Waals surface area contributed by atoms with E-state index in [0.29, 0.717) is 11.3 Å². The lowest BCUT2D eigenvalue weighted by molar-refractivity contribution is 0.0696. The predicted molar refractivity (Wildman–Crippen MR) is 80.5 cm³/mol. The third-order valence-corrected chi connectivity index (χ3v) is 3.20. The lowest BCUT2D eigenvalue weighted by atomic mass is 10.1. The zero-order valence-electron chi connectivity index (χ0n) is 10.1. The molecule has 0 bridgehead atoms. The van der Waals surface area contributed by atoms with Crippen LogP contribution < -0.4 is 5.32 Å². The maximum absolute atomic E-state index is 12.0. The van der Waals surface area contributed by atoms with Crippen molar-refractivity contribution in [3.05, 3.63) is 63.1 Å². The topological polar surface area (TPSA) is 66.4 Å². The highest BCUT2D eigenvalue weighted by Gasteiger charge is 2.10. The number of carbonyl (C=O) groups excluding carboxylic acids is 1. The van der Waals surface area contributed by atoms with Crippen molar-refractivity contribution in [3.8, 4) is 0 Å². The van der Waals surface area contributed by atoms with Crippen molar-refractivity contribution in [2.24, 2.45) is 0 Å². The van der Waals surface area contributed by atoms with Crippen LogP contribution in [0.2, 0.25) is 5.02 Å². The normalized spacial score (nSPS) is 10.1. The largest absolute Gasteiger partial charge is 0.478 e. The van der Waals surface area contributed by atoms with Gasteiger partial charge in [-0.05, 0) is 36.4 Å². The number of halogens is 2. The second kappa shape index (κ2) is 6.07. The molecule has 1 amide bonds. The molecule has 4 nitrogen and oxygen atoms in total. The molecule has 2 aromatic carbocycles. The van der Waals surface area contributed by atoms with Crippen LogP contribution in [-0.4, -0.2) is 17.0 Å². The Hall–Kier alpha value is -1.85. The molecule has 2 aromatic rings. The van der Waals surface area contributed by atoms with Gasteiger partial charge < -0.3 is 10.4 Å². The molecule has 0 saturated heterocycles. The van der Waals surface area contributed by atoms with E-state index in [1.807, 2.05) is 0 Å². The van der Waals surface area contributed by atoms with Gasteiger partial charge in [-0.15, -0.1) is 0 Å². The molecule has 0 aliphatic heterocycles. The Kier molecular flexibility index (Phi) is 4.42.